The Morgan fingerprint density at radius 3 is 2.26 bits per heavy atom. The Kier molecular flexibility index (Phi) is 3.65. The van der Waals surface area contributed by atoms with Gasteiger partial charge in [0.05, 0.1) is 11.0 Å². The van der Waals surface area contributed by atoms with Crippen LogP contribution in [0.25, 0.3) is 32.6 Å². The van der Waals surface area contributed by atoms with Crippen molar-refractivity contribution in [2.24, 2.45) is 0 Å². The van der Waals surface area contributed by atoms with E-state index in [2.05, 4.69) is 24.3 Å². The Balaban J connectivity index is 1.69. The van der Waals surface area contributed by atoms with Crippen LogP contribution in [0.15, 0.2) is 91.0 Å². The fraction of sp³-hybridized carbons (Fsp3) is 0.0417. The number of fused-ring (bicyclic) bond motifs is 5. The number of carbonyl (C=O) groups is 1. The molecule has 3 nitrogen and oxygen atoms in total. The van der Waals surface area contributed by atoms with Crippen LogP contribution >= 0.6 is 0 Å². The first-order valence-electron chi connectivity index (χ1n) is 8.95. The first-order chi connectivity index (χ1) is 13.3. The van der Waals surface area contributed by atoms with Crippen LogP contribution in [0.2, 0.25) is 0 Å². The lowest BCUT2D eigenvalue weighted by Crippen LogP contribution is -2.13. The Labute approximate surface area is 156 Å². The number of carbonyl (C=O) groups excluding carboxylic acids is 1. The highest BCUT2D eigenvalue weighted by Gasteiger charge is 2.18. The van der Waals surface area contributed by atoms with Gasteiger partial charge in [0.15, 0.2) is 0 Å². The molecule has 0 saturated heterocycles. The summed E-state index contributed by atoms with van der Waals surface area (Å²) in [5.74, 6) is 0. The van der Waals surface area contributed by atoms with Gasteiger partial charge in [-0.2, -0.15) is 0 Å². The van der Waals surface area contributed by atoms with E-state index < -0.39 is 0 Å². The molecular formula is C24H17NO2. The molecule has 0 bridgehead atoms. The summed E-state index contributed by atoms with van der Waals surface area (Å²) in [6.45, 7) is 0.251. The summed E-state index contributed by atoms with van der Waals surface area (Å²) in [6, 6.07) is 30.0. The van der Waals surface area contributed by atoms with E-state index in [1.165, 1.54) is 0 Å². The van der Waals surface area contributed by atoms with Crippen LogP contribution in [0.3, 0.4) is 0 Å². The molecule has 0 N–H and O–H groups in total. The van der Waals surface area contributed by atoms with Crippen molar-refractivity contribution in [3.63, 3.8) is 0 Å². The molecule has 0 aliphatic heterocycles. The second-order valence-electron chi connectivity index (χ2n) is 6.57. The summed E-state index contributed by atoms with van der Waals surface area (Å²) in [4.78, 5) is 13.0. The zero-order valence-corrected chi connectivity index (χ0v) is 14.6. The van der Waals surface area contributed by atoms with Crippen molar-refractivity contribution in [2.75, 3.05) is 0 Å². The zero-order valence-electron chi connectivity index (χ0n) is 14.6. The lowest BCUT2D eigenvalue weighted by Gasteiger charge is -2.08. The normalized spacial score (nSPS) is 11.3. The molecule has 3 heteroatoms. The summed E-state index contributed by atoms with van der Waals surface area (Å²) in [5, 5.41) is 4.44. The van der Waals surface area contributed by atoms with Crippen molar-refractivity contribution in [3.05, 3.63) is 96.6 Å². The molecule has 0 fully saturated rings. The maximum Gasteiger partial charge on any atom is 0.419 e. The highest BCUT2D eigenvalue weighted by atomic mass is 16.5. The van der Waals surface area contributed by atoms with E-state index in [9.17, 15) is 4.79 Å². The van der Waals surface area contributed by atoms with Crippen molar-refractivity contribution in [1.82, 2.24) is 4.57 Å². The van der Waals surface area contributed by atoms with Gasteiger partial charge < -0.3 is 4.74 Å². The number of para-hydroxylation sites is 1. The molecule has 1 heterocycles. The monoisotopic (exact) mass is 351 g/mol. The lowest BCUT2D eigenvalue weighted by atomic mass is 10.0. The quantitative estimate of drug-likeness (QED) is 0.383. The summed E-state index contributed by atoms with van der Waals surface area (Å²) in [7, 11) is 0. The maximum atomic E-state index is 13.0. The number of ether oxygens (including phenoxy) is 1. The van der Waals surface area contributed by atoms with E-state index in [0.29, 0.717) is 0 Å². The van der Waals surface area contributed by atoms with E-state index in [1.54, 1.807) is 4.57 Å². The first-order valence-corrected chi connectivity index (χ1v) is 8.95. The van der Waals surface area contributed by atoms with Crippen molar-refractivity contribution < 1.29 is 9.53 Å². The van der Waals surface area contributed by atoms with Crippen molar-refractivity contribution in [3.8, 4) is 0 Å². The molecule has 0 aliphatic carbocycles. The summed E-state index contributed by atoms with van der Waals surface area (Å²) in [6.07, 6.45) is -0.361. The van der Waals surface area contributed by atoms with E-state index in [4.69, 9.17) is 4.74 Å². The third-order valence-corrected chi connectivity index (χ3v) is 4.95. The van der Waals surface area contributed by atoms with Crippen LogP contribution in [-0.4, -0.2) is 10.7 Å². The van der Waals surface area contributed by atoms with Gasteiger partial charge >= 0.3 is 6.09 Å². The zero-order chi connectivity index (χ0) is 18.2. The van der Waals surface area contributed by atoms with Gasteiger partial charge in [-0.3, -0.25) is 0 Å². The topological polar surface area (TPSA) is 31.2 Å². The molecule has 0 amide bonds. The second kappa shape index (κ2) is 6.29. The minimum Gasteiger partial charge on any atom is -0.444 e. The summed E-state index contributed by atoms with van der Waals surface area (Å²) >= 11 is 0. The first kappa shape index (κ1) is 15.6. The molecular weight excluding hydrogens is 334 g/mol. The second-order valence-corrected chi connectivity index (χ2v) is 6.57. The van der Waals surface area contributed by atoms with Crippen molar-refractivity contribution in [1.29, 1.82) is 0 Å². The lowest BCUT2D eigenvalue weighted by molar-refractivity contribution is 0.143. The molecule has 4 aromatic carbocycles. The molecule has 0 spiro atoms. The Hall–Kier alpha value is -3.59. The molecule has 0 unspecified atom stereocenters. The Morgan fingerprint density at radius 2 is 1.41 bits per heavy atom. The standard InChI is InChI=1S/C24H17NO2/c26-24(27-16-17-8-2-1-3-9-17)25-21-13-7-6-12-20(21)23-19-11-5-4-10-18(19)14-15-22(23)25/h1-15H,16H2. The van der Waals surface area contributed by atoms with Gasteiger partial charge in [-0.05, 0) is 28.5 Å². The third-order valence-electron chi connectivity index (χ3n) is 4.95. The number of hydrogen-bond acceptors (Lipinski definition) is 2. The molecule has 0 saturated carbocycles. The SMILES string of the molecule is O=C(OCc1ccccc1)n1c2ccccc2c2c3ccccc3ccc21. The maximum absolute atomic E-state index is 13.0. The molecule has 5 aromatic rings. The van der Waals surface area contributed by atoms with Gasteiger partial charge in [-0.1, -0.05) is 78.9 Å². The molecule has 0 radical (unpaired) electrons. The molecule has 27 heavy (non-hydrogen) atoms. The van der Waals surface area contributed by atoms with Crippen LogP contribution in [0, 0.1) is 0 Å². The number of rotatable bonds is 2. The van der Waals surface area contributed by atoms with Crippen LogP contribution in [0.5, 0.6) is 0 Å². The van der Waals surface area contributed by atoms with Crippen LogP contribution in [-0.2, 0) is 11.3 Å². The fourth-order valence-electron chi connectivity index (χ4n) is 3.72. The van der Waals surface area contributed by atoms with Crippen LogP contribution < -0.4 is 0 Å². The molecule has 0 aliphatic rings. The number of hydrogen-bond donors (Lipinski definition) is 0. The number of benzene rings is 4. The number of nitrogens with zero attached hydrogens (tertiary/aromatic N) is 1. The molecule has 130 valence electrons. The van der Waals surface area contributed by atoms with Gasteiger partial charge in [-0.15, -0.1) is 0 Å². The largest absolute Gasteiger partial charge is 0.444 e. The predicted octanol–water partition coefficient (Wildman–Crippen LogP) is 6.13. The van der Waals surface area contributed by atoms with Gasteiger partial charge in [-0.25, -0.2) is 9.36 Å². The van der Waals surface area contributed by atoms with E-state index in [0.717, 1.165) is 38.1 Å². The average Bonchev–Trinajstić information content (AvgIpc) is 3.08. The minimum absolute atomic E-state index is 0.251. The minimum atomic E-state index is -0.361. The Morgan fingerprint density at radius 1 is 0.704 bits per heavy atom. The van der Waals surface area contributed by atoms with E-state index in [-0.39, 0.29) is 12.7 Å². The average molecular weight is 351 g/mol. The third kappa shape index (κ3) is 2.56. The van der Waals surface area contributed by atoms with Crippen molar-refractivity contribution in [2.45, 2.75) is 6.61 Å². The van der Waals surface area contributed by atoms with Gasteiger partial charge in [0.25, 0.3) is 0 Å². The molecule has 1 aromatic heterocycles. The number of aromatic nitrogens is 1. The van der Waals surface area contributed by atoms with Gasteiger partial charge in [0.1, 0.15) is 6.61 Å². The van der Waals surface area contributed by atoms with Gasteiger partial charge in [0.2, 0.25) is 0 Å². The fourth-order valence-corrected chi connectivity index (χ4v) is 3.72. The highest BCUT2D eigenvalue weighted by molar-refractivity contribution is 6.22. The van der Waals surface area contributed by atoms with Crippen molar-refractivity contribution >= 4 is 38.7 Å². The summed E-state index contributed by atoms with van der Waals surface area (Å²) < 4.78 is 7.31. The Bertz CT molecular complexity index is 1290. The van der Waals surface area contributed by atoms with E-state index >= 15 is 0 Å². The van der Waals surface area contributed by atoms with E-state index in [1.807, 2.05) is 66.7 Å². The van der Waals surface area contributed by atoms with Crippen LogP contribution in [0.4, 0.5) is 4.79 Å². The highest BCUT2D eigenvalue weighted by Crippen LogP contribution is 2.34. The predicted molar refractivity (Wildman–Crippen MR) is 109 cm³/mol. The molecule has 5 rings (SSSR count). The smallest absolute Gasteiger partial charge is 0.419 e. The molecule has 0 atom stereocenters. The van der Waals surface area contributed by atoms with Gasteiger partial charge in [0, 0.05) is 10.8 Å². The summed E-state index contributed by atoms with van der Waals surface area (Å²) in [5.41, 5.74) is 2.70. The van der Waals surface area contributed by atoms with Crippen LogP contribution in [0.1, 0.15) is 5.56 Å².